The Morgan fingerprint density at radius 2 is 2.67 bits per heavy atom. The fourth-order valence-electron chi connectivity index (χ4n) is 0.528. The van der Waals surface area contributed by atoms with Crippen LogP contribution in [0.4, 0.5) is 0 Å². The molecule has 46 valence electrons. The van der Waals surface area contributed by atoms with E-state index in [1.165, 1.54) is 0 Å². The molecule has 1 rings (SSSR count). The molecule has 0 spiro atoms. The van der Waals surface area contributed by atoms with Crippen LogP contribution >= 0.6 is 0 Å². The SMILES string of the molecule is CC([NH3+])C1=NC=C=[N+]=C1. The Morgan fingerprint density at radius 1 is 1.89 bits per heavy atom. The molecule has 0 bridgehead atoms. The Morgan fingerprint density at radius 3 is 3.00 bits per heavy atom. The summed E-state index contributed by atoms with van der Waals surface area (Å²) in [6.45, 7) is 1.98. The van der Waals surface area contributed by atoms with Crippen LogP contribution in [0.1, 0.15) is 6.92 Å². The van der Waals surface area contributed by atoms with Gasteiger partial charge < -0.3 is 5.73 Å². The third-order valence-electron chi connectivity index (χ3n) is 1.05. The van der Waals surface area contributed by atoms with Gasteiger partial charge in [0, 0.05) is 0 Å². The highest BCUT2D eigenvalue weighted by atomic mass is 14.8. The van der Waals surface area contributed by atoms with Crippen molar-refractivity contribution in [3.63, 3.8) is 0 Å². The van der Waals surface area contributed by atoms with Crippen LogP contribution in [0, 0.1) is 0 Å². The molecule has 1 aliphatic rings. The topological polar surface area (TPSA) is 54.1 Å². The van der Waals surface area contributed by atoms with E-state index in [4.69, 9.17) is 0 Å². The van der Waals surface area contributed by atoms with E-state index in [2.05, 4.69) is 21.3 Å². The summed E-state index contributed by atoms with van der Waals surface area (Å²) in [5, 5.41) is 0. The van der Waals surface area contributed by atoms with E-state index >= 15 is 0 Å². The average Bonchev–Trinajstić information content (AvgIpc) is 1.90. The lowest BCUT2D eigenvalue weighted by atomic mass is 10.2. The van der Waals surface area contributed by atoms with Crippen LogP contribution in [-0.2, 0) is 0 Å². The summed E-state index contributed by atoms with van der Waals surface area (Å²) in [7, 11) is 0. The van der Waals surface area contributed by atoms with Gasteiger partial charge in [0.1, 0.15) is 6.04 Å². The van der Waals surface area contributed by atoms with Crippen molar-refractivity contribution in [1.82, 2.24) is 4.67 Å². The van der Waals surface area contributed by atoms with Gasteiger partial charge in [-0.05, 0) is 11.6 Å². The van der Waals surface area contributed by atoms with Gasteiger partial charge >= 0.3 is 12.1 Å². The highest BCUT2D eigenvalue weighted by Gasteiger charge is 2.11. The fourth-order valence-corrected chi connectivity index (χ4v) is 0.528. The molecule has 0 aromatic heterocycles. The zero-order valence-corrected chi connectivity index (χ0v) is 5.33. The van der Waals surface area contributed by atoms with Crippen molar-refractivity contribution < 1.29 is 5.73 Å². The minimum absolute atomic E-state index is 0.215. The van der Waals surface area contributed by atoms with Crippen LogP contribution in [-0.4, -0.2) is 23.8 Å². The van der Waals surface area contributed by atoms with Crippen LogP contribution < -0.4 is 10.4 Å². The molecule has 1 atom stereocenters. The van der Waals surface area contributed by atoms with E-state index in [0.717, 1.165) is 5.71 Å². The van der Waals surface area contributed by atoms with Gasteiger partial charge in [0.2, 0.25) is 0 Å². The minimum atomic E-state index is 0.215. The molecule has 1 aliphatic heterocycles. The van der Waals surface area contributed by atoms with Gasteiger partial charge in [0.15, 0.2) is 11.9 Å². The number of aliphatic imine (C=N–C) groups is 1. The number of rotatable bonds is 1. The fraction of sp³-hybridized carbons (Fsp3) is 0.333. The quantitative estimate of drug-likeness (QED) is 0.408. The summed E-state index contributed by atoms with van der Waals surface area (Å²) in [5.74, 6) is 2.60. The molecule has 0 saturated carbocycles. The molecule has 0 aliphatic carbocycles. The highest BCUT2D eigenvalue weighted by molar-refractivity contribution is 6.32. The molecule has 1 heterocycles. The monoisotopic (exact) mass is 123 g/mol. The lowest BCUT2D eigenvalue weighted by molar-refractivity contribution is -0.388. The van der Waals surface area contributed by atoms with Crippen molar-refractivity contribution in [1.29, 1.82) is 0 Å². The maximum absolute atomic E-state index is 4.00. The number of hydrogen-bond acceptors (Lipinski definition) is 1. The summed E-state index contributed by atoms with van der Waals surface area (Å²) in [6, 6.07) is 0.215. The first kappa shape index (κ1) is 5.99. The van der Waals surface area contributed by atoms with Crippen molar-refractivity contribution in [2.45, 2.75) is 13.0 Å². The second-order valence-electron chi connectivity index (χ2n) is 1.97. The second kappa shape index (κ2) is 2.42. The lowest BCUT2D eigenvalue weighted by Gasteiger charge is -1.92. The second-order valence-corrected chi connectivity index (χ2v) is 1.97. The summed E-state index contributed by atoms with van der Waals surface area (Å²) < 4.78 is 3.78. The van der Waals surface area contributed by atoms with Crippen LogP contribution in [0.5, 0.6) is 0 Å². The van der Waals surface area contributed by atoms with Crippen LogP contribution in [0.3, 0.4) is 0 Å². The molecule has 1 unspecified atom stereocenters. The van der Waals surface area contributed by atoms with E-state index < -0.39 is 0 Å². The average molecular weight is 123 g/mol. The van der Waals surface area contributed by atoms with Gasteiger partial charge in [-0.1, -0.05) is 0 Å². The van der Waals surface area contributed by atoms with E-state index in [-0.39, 0.29) is 6.04 Å². The Balaban J connectivity index is 2.80. The predicted octanol–water partition coefficient (Wildman–Crippen LogP) is -1.61. The van der Waals surface area contributed by atoms with E-state index in [0.29, 0.717) is 0 Å². The first-order valence-electron chi connectivity index (χ1n) is 2.82. The molecule has 3 N–H and O–H groups in total. The first-order valence-corrected chi connectivity index (χ1v) is 2.82. The zero-order valence-electron chi connectivity index (χ0n) is 5.33. The van der Waals surface area contributed by atoms with Gasteiger partial charge in [-0.15, -0.1) is 0 Å². The van der Waals surface area contributed by atoms with Crippen LogP contribution in [0.15, 0.2) is 11.2 Å². The lowest BCUT2D eigenvalue weighted by Crippen LogP contribution is -2.63. The van der Waals surface area contributed by atoms with Crippen molar-refractivity contribution in [2.24, 2.45) is 4.99 Å². The molecule has 0 aromatic carbocycles. The smallest absolute Gasteiger partial charge is 0.333 e. The molecule has 0 saturated heterocycles. The highest BCUT2D eigenvalue weighted by Crippen LogP contribution is 1.80. The Kier molecular flexibility index (Phi) is 1.61. The molecule has 0 radical (unpaired) electrons. The van der Waals surface area contributed by atoms with Crippen molar-refractivity contribution in [3.05, 3.63) is 6.20 Å². The van der Waals surface area contributed by atoms with Crippen molar-refractivity contribution >= 4 is 17.8 Å². The maximum Gasteiger partial charge on any atom is 0.333 e. The maximum atomic E-state index is 4.00. The van der Waals surface area contributed by atoms with E-state index in [9.17, 15) is 0 Å². The first-order chi connectivity index (χ1) is 4.30. The summed E-state index contributed by atoms with van der Waals surface area (Å²) >= 11 is 0. The molecule has 3 heteroatoms. The summed E-state index contributed by atoms with van der Waals surface area (Å²) in [4.78, 5) is 4.00. The summed E-state index contributed by atoms with van der Waals surface area (Å²) in [6.07, 6.45) is 3.23. The normalized spacial score (nSPS) is 17.8. The minimum Gasteiger partial charge on any atom is -0.350 e. The van der Waals surface area contributed by atoms with Crippen molar-refractivity contribution in [2.75, 3.05) is 0 Å². The number of nitrogens with zero attached hydrogens (tertiary/aromatic N) is 2. The van der Waals surface area contributed by atoms with E-state index in [1.807, 2.05) is 6.92 Å². The van der Waals surface area contributed by atoms with Gasteiger partial charge in [0.05, 0.1) is 0 Å². The molecule has 0 fully saturated rings. The third-order valence-corrected chi connectivity index (χ3v) is 1.05. The van der Waals surface area contributed by atoms with E-state index in [1.54, 1.807) is 12.4 Å². The van der Waals surface area contributed by atoms with Crippen LogP contribution in [0.2, 0.25) is 0 Å². The molecular formula is C6H9N3+2. The number of quaternary nitrogens is 1. The molecule has 0 amide bonds. The standard InChI is InChI=1S/C6H8N3/c1-5(7)6-4-8-2-3-9-6/h3-5H,7H2,1H3/q+1/p+1. The zero-order chi connectivity index (χ0) is 6.69. The molecule has 9 heavy (non-hydrogen) atoms. The Labute approximate surface area is 53.3 Å². The Hall–Kier alpha value is -1.14. The largest absolute Gasteiger partial charge is 0.350 e. The van der Waals surface area contributed by atoms with Gasteiger partial charge in [0.25, 0.3) is 0 Å². The molecule has 0 aromatic rings. The predicted molar refractivity (Wildman–Crippen MR) is 37.6 cm³/mol. The third kappa shape index (κ3) is 1.37. The Bertz CT molecular complexity index is 225. The molecular weight excluding hydrogens is 114 g/mol. The van der Waals surface area contributed by atoms with Crippen molar-refractivity contribution in [3.8, 4) is 0 Å². The molecule has 3 nitrogen and oxygen atoms in total. The van der Waals surface area contributed by atoms with Gasteiger partial charge in [-0.2, -0.15) is 0 Å². The van der Waals surface area contributed by atoms with Crippen LogP contribution in [0.25, 0.3) is 0 Å². The van der Waals surface area contributed by atoms with Gasteiger partial charge in [-0.3, -0.25) is 0 Å². The van der Waals surface area contributed by atoms with Gasteiger partial charge in [-0.25, -0.2) is 4.99 Å². The number of hydrogen-bond donors (Lipinski definition) is 1. The summed E-state index contributed by atoms with van der Waals surface area (Å²) in [5.41, 5.74) is 4.70.